The van der Waals surface area contributed by atoms with Crippen LogP contribution in [-0.2, 0) is 22.5 Å². The van der Waals surface area contributed by atoms with Crippen molar-refractivity contribution >= 4 is 28.9 Å². The minimum Gasteiger partial charge on any atom is -0.494 e. The van der Waals surface area contributed by atoms with Gasteiger partial charge < -0.3 is 14.5 Å². The van der Waals surface area contributed by atoms with Crippen molar-refractivity contribution in [2.45, 2.75) is 19.9 Å². The Labute approximate surface area is 227 Å². The van der Waals surface area contributed by atoms with Gasteiger partial charge in [0, 0.05) is 42.8 Å². The number of nitrogens with zero attached hydrogens (tertiary/aromatic N) is 1. The molecule has 0 atom stereocenters. The Hall–Kier alpha value is -4.40. The highest BCUT2D eigenvalue weighted by molar-refractivity contribution is 5.91. The fraction of sp³-hybridized carbons (Fsp3) is 0.226. The molecule has 1 aromatic heterocycles. The lowest BCUT2D eigenvalue weighted by Crippen LogP contribution is -2.30. The van der Waals surface area contributed by atoms with Gasteiger partial charge in [-0.15, -0.1) is 0 Å². The molecule has 39 heavy (non-hydrogen) atoms. The van der Waals surface area contributed by atoms with Crippen molar-refractivity contribution in [1.82, 2.24) is 15.4 Å². The van der Waals surface area contributed by atoms with Gasteiger partial charge in [0.05, 0.1) is 12.2 Å². The largest absolute Gasteiger partial charge is 0.494 e. The summed E-state index contributed by atoms with van der Waals surface area (Å²) in [4.78, 5) is 29.4. The van der Waals surface area contributed by atoms with Gasteiger partial charge in [-0.3, -0.25) is 14.9 Å². The van der Waals surface area contributed by atoms with Crippen molar-refractivity contribution < 1.29 is 24.3 Å². The smallest absolute Gasteiger partial charge is 0.338 e. The van der Waals surface area contributed by atoms with Gasteiger partial charge in [0.25, 0.3) is 5.91 Å². The fourth-order valence-corrected chi connectivity index (χ4v) is 4.29. The molecule has 8 heteroatoms. The van der Waals surface area contributed by atoms with E-state index < -0.39 is 5.91 Å². The first kappa shape index (κ1) is 27.6. The van der Waals surface area contributed by atoms with Crippen molar-refractivity contribution in [2.24, 2.45) is 0 Å². The number of hydroxylamine groups is 1. The number of fused-ring (bicyclic) bond motifs is 1. The standard InChI is InChI=1S/C31H33N3O5/c1-2-38-27-14-12-25(13-15-27)31(36)39-20-19-34(18-17-26-21-32-29-6-4-3-5-28(26)29)22-24-9-7-23(8-10-24)11-16-30(35)33-37/h3-16,21,32,37H,2,17-20,22H2,1H3,(H,33,35). The Kier molecular flexibility index (Phi) is 9.88. The Morgan fingerprint density at radius 3 is 2.51 bits per heavy atom. The number of carbonyl (C=O) groups is 2. The van der Waals surface area contributed by atoms with Crippen LogP contribution in [0.3, 0.4) is 0 Å². The number of amides is 1. The van der Waals surface area contributed by atoms with E-state index in [0.29, 0.717) is 25.3 Å². The molecule has 4 aromatic rings. The monoisotopic (exact) mass is 527 g/mol. The van der Waals surface area contributed by atoms with Gasteiger partial charge in [-0.1, -0.05) is 42.5 Å². The predicted octanol–water partition coefficient (Wildman–Crippen LogP) is 4.99. The van der Waals surface area contributed by atoms with E-state index in [1.807, 2.05) is 43.3 Å². The highest BCUT2D eigenvalue weighted by atomic mass is 16.5. The number of benzene rings is 3. The van der Waals surface area contributed by atoms with Crippen LogP contribution in [0.4, 0.5) is 0 Å². The molecule has 0 bridgehead atoms. The number of aromatic amines is 1. The van der Waals surface area contributed by atoms with E-state index in [-0.39, 0.29) is 12.6 Å². The van der Waals surface area contributed by atoms with E-state index >= 15 is 0 Å². The molecule has 0 aliphatic carbocycles. The van der Waals surface area contributed by atoms with Gasteiger partial charge in [-0.2, -0.15) is 0 Å². The Morgan fingerprint density at radius 2 is 1.77 bits per heavy atom. The summed E-state index contributed by atoms with van der Waals surface area (Å²) in [6.45, 7) is 4.76. The zero-order valence-electron chi connectivity index (χ0n) is 21.9. The number of nitrogens with one attached hydrogen (secondary N) is 2. The summed E-state index contributed by atoms with van der Waals surface area (Å²) in [6.07, 6.45) is 5.79. The molecule has 4 rings (SSSR count). The second-order valence-corrected chi connectivity index (χ2v) is 9.03. The highest BCUT2D eigenvalue weighted by Crippen LogP contribution is 2.19. The summed E-state index contributed by atoms with van der Waals surface area (Å²) in [5.41, 5.74) is 6.36. The number of hydrogen-bond acceptors (Lipinski definition) is 6. The van der Waals surface area contributed by atoms with Gasteiger partial charge in [0.2, 0.25) is 0 Å². The number of H-pyrrole nitrogens is 1. The van der Waals surface area contributed by atoms with Gasteiger partial charge in [-0.25, -0.2) is 10.3 Å². The van der Waals surface area contributed by atoms with Crippen LogP contribution in [-0.4, -0.2) is 53.3 Å². The van der Waals surface area contributed by atoms with Crippen LogP contribution in [0, 0.1) is 0 Å². The van der Waals surface area contributed by atoms with Crippen LogP contribution < -0.4 is 10.2 Å². The number of ether oxygens (including phenoxy) is 2. The second kappa shape index (κ2) is 13.9. The van der Waals surface area contributed by atoms with Gasteiger partial charge >= 0.3 is 5.97 Å². The third-order valence-electron chi connectivity index (χ3n) is 6.34. The molecule has 1 heterocycles. The first-order chi connectivity index (χ1) is 19.1. The zero-order chi connectivity index (χ0) is 27.5. The van der Waals surface area contributed by atoms with Crippen molar-refractivity contribution in [3.63, 3.8) is 0 Å². The molecule has 0 aliphatic heterocycles. The number of para-hydroxylation sites is 1. The number of rotatable bonds is 13. The topological polar surface area (TPSA) is 104 Å². The van der Waals surface area contributed by atoms with Gasteiger partial charge in [0.1, 0.15) is 12.4 Å². The first-order valence-electron chi connectivity index (χ1n) is 12.9. The molecule has 0 fully saturated rings. The maximum absolute atomic E-state index is 12.6. The molecule has 0 unspecified atom stereocenters. The van der Waals surface area contributed by atoms with E-state index in [1.165, 1.54) is 17.0 Å². The summed E-state index contributed by atoms with van der Waals surface area (Å²) >= 11 is 0. The normalized spacial score (nSPS) is 11.3. The Balaban J connectivity index is 1.39. The van der Waals surface area contributed by atoms with Crippen molar-refractivity contribution in [3.05, 3.63) is 107 Å². The number of esters is 1. The van der Waals surface area contributed by atoms with Crippen LogP contribution in [0.15, 0.2) is 85.1 Å². The number of hydrogen-bond donors (Lipinski definition) is 3. The highest BCUT2D eigenvalue weighted by Gasteiger charge is 2.12. The van der Waals surface area contributed by atoms with E-state index in [4.69, 9.17) is 14.7 Å². The van der Waals surface area contributed by atoms with Crippen LogP contribution in [0.1, 0.15) is 34.0 Å². The average molecular weight is 528 g/mol. The van der Waals surface area contributed by atoms with Crippen LogP contribution >= 0.6 is 0 Å². The van der Waals surface area contributed by atoms with Crippen molar-refractivity contribution in [3.8, 4) is 5.75 Å². The zero-order valence-corrected chi connectivity index (χ0v) is 21.9. The maximum atomic E-state index is 12.6. The number of aromatic nitrogens is 1. The molecule has 0 radical (unpaired) electrons. The van der Waals surface area contributed by atoms with E-state index in [9.17, 15) is 9.59 Å². The molecule has 0 spiro atoms. The van der Waals surface area contributed by atoms with Crippen molar-refractivity contribution in [2.75, 3.05) is 26.3 Å². The second-order valence-electron chi connectivity index (χ2n) is 9.03. The summed E-state index contributed by atoms with van der Waals surface area (Å²) < 4.78 is 11.0. The fourth-order valence-electron chi connectivity index (χ4n) is 4.29. The molecule has 1 amide bonds. The maximum Gasteiger partial charge on any atom is 0.338 e. The molecule has 202 valence electrons. The minimum absolute atomic E-state index is 0.261. The lowest BCUT2D eigenvalue weighted by atomic mass is 10.1. The van der Waals surface area contributed by atoms with Crippen LogP contribution in [0.2, 0.25) is 0 Å². The Morgan fingerprint density at radius 1 is 1.00 bits per heavy atom. The molecule has 3 N–H and O–H groups in total. The first-order valence-corrected chi connectivity index (χ1v) is 12.9. The van der Waals surface area contributed by atoms with Gasteiger partial charge in [-0.05, 0) is 66.4 Å². The van der Waals surface area contributed by atoms with E-state index in [2.05, 4.69) is 28.2 Å². The SMILES string of the molecule is CCOc1ccc(C(=O)OCCN(CCc2c[nH]c3ccccc23)Cc2ccc(C=CC(=O)NO)cc2)cc1. The quantitative estimate of drug-likeness (QED) is 0.0980. The Bertz CT molecular complexity index is 1390. The predicted molar refractivity (Wildman–Crippen MR) is 151 cm³/mol. The summed E-state index contributed by atoms with van der Waals surface area (Å²) in [5.74, 6) is -0.226. The molecule has 3 aromatic carbocycles. The molecular formula is C31H33N3O5. The molecule has 0 saturated heterocycles. The summed E-state index contributed by atoms with van der Waals surface area (Å²) in [7, 11) is 0. The van der Waals surface area contributed by atoms with Crippen LogP contribution in [0.5, 0.6) is 5.75 Å². The lowest BCUT2D eigenvalue weighted by molar-refractivity contribution is -0.124. The molecule has 0 saturated carbocycles. The third-order valence-corrected chi connectivity index (χ3v) is 6.34. The lowest BCUT2D eigenvalue weighted by Gasteiger charge is -2.22. The molecular weight excluding hydrogens is 494 g/mol. The van der Waals surface area contributed by atoms with E-state index in [0.717, 1.165) is 35.4 Å². The number of carbonyl (C=O) groups excluding carboxylic acids is 2. The third kappa shape index (κ3) is 8.04. The van der Waals surface area contributed by atoms with Gasteiger partial charge in [0.15, 0.2) is 0 Å². The average Bonchev–Trinajstić information content (AvgIpc) is 3.38. The molecule has 8 nitrogen and oxygen atoms in total. The minimum atomic E-state index is -0.581. The van der Waals surface area contributed by atoms with Crippen molar-refractivity contribution in [1.29, 1.82) is 0 Å². The summed E-state index contributed by atoms with van der Waals surface area (Å²) in [6, 6.07) is 23.0. The van der Waals surface area contributed by atoms with Crippen LogP contribution in [0.25, 0.3) is 17.0 Å². The summed E-state index contributed by atoms with van der Waals surface area (Å²) in [5, 5.41) is 9.85. The van der Waals surface area contributed by atoms with E-state index in [1.54, 1.807) is 35.8 Å². The molecule has 0 aliphatic rings.